The smallest absolute Gasteiger partial charge is 0.276 e. The molecule has 6 heteroatoms. The van der Waals surface area contributed by atoms with Gasteiger partial charge in [-0.25, -0.2) is 8.42 Å². The highest BCUT2D eigenvalue weighted by Gasteiger charge is 2.42. The molecule has 0 bridgehead atoms. The highest BCUT2D eigenvalue weighted by atomic mass is 32.2. The van der Waals surface area contributed by atoms with Crippen molar-refractivity contribution >= 4 is 16.3 Å². The number of carbonyl (C=O) groups is 1. The minimum Gasteiger partial charge on any atom is -0.440 e. The number of carbonyl (C=O) groups excluding carboxylic acids is 1. The van der Waals surface area contributed by atoms with Gasteiger partial charge in [0.25, 0.3) is 10.0 Å². The average molecular weight is 269 g/mol. The van der Waals surface area contributed by atoms with E-state index >= 15 is 0 Å². The molecule has 98 valence electrons. The van der Waals surface area contributed by atoms with Crippen molar-refractivity contribution in [2.45, 2.75) is 36.8 Å². The van der Waals surface area contributed by atoms with Crippen LogP contribution in [0.25, 0.3) is 0 Å². The number of aldehydes is 1. The fourth-order valence-corrected chi connectivity index (χ4v) is 3.70. The highest BCUT2D eigenvalue weighted by Crippen LogP contribution is 2.38. The van der Waals surface area contributed by atoms with Crippen LogP contribution < -0.4 is 0 Å². The van der Waals surface area contributed by atoms with Gasteiger partial charge in [-0.2, -0.15) is 4.31 Å². The Balaban J connectivity index is 1.87. The van der Waals surface area contributed by atoms with Gasteiger partial charge in [0.2, 0.25) is 5.09 Å². The Morgan fingerprint density at radius 3 is 2.50 bits per heavy atom. The molecule has 0 amide bonds. The third kappa shape index (κ3) is 2.22. The van der Waals surface area contributed by atoms with Gasteiger partial charge < -0.3 is 4.42 Å². The van der Waals surface area contributed by atoms with Gasteiger partial charge in [0.1, 0.15) is 0 Å². The van der Waals surface area contributed by atoms with Gasteiger partial charge in [0.05, 0.1) is 0 Å². The zero-order chi connectivity index (χ0) is 12.8. The fourth-order valence-electron chi connectivity index (χ4n) is 2.01. The third-order valence-corrected chi connectivity index (χ3v) is 5.16. The van der Waals surface area contributed by atoms with E-state index < -0.39 is 10.0 Å². The van der Waals surface area contributed by atoms with Gasteiger partial charge in [-0.1, -0.05) is 0 Å². The summed E-state index contributed by atoms with van der Waals surface area (Å²) >= 11 is 0. The molecule has 2 saturated carbocycles. The molecule has 0 spiro atoms. The number of sulfonamides is 1. The standard InChI is InChI=1S/C12H15NO4S/c14-8-11-5-6-12(17-11)18(15,16)13(10-3-4-10)7-9-1-2-9/h5-6,8-10H,1-4,7H2. The zero-order valence-corrected chi connectivity index (χ0v) is 10.7. The minimum atomic E-state index is -3.57. The van der Waals surface area contributed by atoms with Gasteiger partial charge in [-0.3, -0.25) is 4.79 Å². The van der Waals surface area contributed by atoms with E-state index in [9.17, 15) is 13.2 Å². The van der Waals surface area contributed by atoms with Crippen LogP contribution in [0, 0.1) is 5.92 Å². The topological polar surface area (TPSA) is 67.6 Å². The normalized spacial score (nSPS) is 20.3. The summed E-state index contributed by atoms with van der Waals surface area (Å²) in [7, 11) is -3.57. The first-order chi connectivity index (χ1) is 8.61. The maximum atomic E-state index is 12.4. The fraction of sp³-hybridized carbons (Fsp3) is 0.583. The van der Waals surface area contributed by atoms with E-state index in [0.717, 1.165) is 25.7 Å². The van der Waals surface area contributed by atoms with Crippen molar-refractivity contribution in [1.29, 1.82) is 0 Å². The second kappa shape index (κ2) is 4.20. The van der Waals surface area contributed by atoms with Gasteiger partial charge in [-0.05, 0) is 43.7 Å². The molecule has 0 N–H and O–H groups in total. The number of rotatable bonds is 6. The number of furan rings is 1. The van der Waals surface area contributed by atoms with E-state index in [1.54, 1.807) is 4.31 Å². The summed E-state index contributed by atoms with van der Waals surface area (Å²) in [6.45, 7) is 0.587. The van der Waals surface area contributed by atoms with Crippen molar-refractivity contribution < 1.29 is 17.6 Å². The lowest BCUT2D eigenvalue weighted by molar-refractivity contribution is 0.109. The number of nitrogens with zero attached hydrogens (tertiary/aromatic N) is 1. The molecule has 18 heavy (non-hydrogen) atoms. The van der Waals surface area contributed by atoms with Crippen molar-refractivity contribution in [3.05, 3.63) is 17.9 Å². The molecule has 0 radical (unpaired) electrons. The maximum absolute atomic E-state index is 12.4. The summed E-state index contributed by atoms with van der Waals surface area (Å²) in [5.41, 5.74) is 0. The first-order valence-corrected chi connectivity index (χ1v) is 7.62. The van der Waals surface area contributed by atoms with Crippen LogP contribution >= 0.6 is 0 Å². The minimum absolute atomic E-state index is 0.0516. The van der Waals surface area contributed by atoms with Gasteiger partial charge >= 0.3 is 0 Å². The Labute approximate surface area is 106 Å². The molecule has 0 unspecified atom stereocenters. The molecule has 1 heterocycles. The molecule has 2 aliphatic carbocycles. The average Bonchev–Trinajstić information content (AvgIpc) is 3.24. The monoisotopic (exact) mass is 269 g/mol. The lowest BCUT2D eigenvalue weighted by atomic mass is 10.4. The van der Waals surface area contributed by atoms with Crippen LogP contribution in [0.15, 0.2) is 21.6 Å². The Kier molecular flexibility index (Phi) is 2.79. The first kappa shape index (κ1) is 11.9. The van der Waals surface area contributed by atoms with Crippen LogP contribution in [0.1, 0.15) is 36.2 Å². The molecule has 2 fully saturated rings. The molecule has 1 aromatic heterocycles. The molecule has 0 aliphatic heterocycles. The second-order valence-corrected chi connectivity index (χ2v) is 6.85. The predicted molar refractivity (Wildman–Crippen MR) is 63.7 cm³/mol. The van der Waals surface area contributed by atoms with Crippen molar-refractivity contribution in [2.75, 3.05) is 6.54 Å². The summed E-state index contributed by atoms with van der Waals surface area (Å²) in [4.78, 5) is 10.5. The van der Waals surface area contributed by atoms with Crippen molar-refractivity contribution in [2.24, 2.45) is 5.92 Å². The van der Waals surface area contributed by atoms with Gasteiger partial charge in [-0.15, -0.1) is 0 Å². The predicted octanol–water partition coefficient (Wildman–Crippen LogP) is 1.66. The molecule has 0 atom stereocenters. The van der Waals surface area contributed by atoms with E-state index in [0.29, 0.717) is 18.7 Å². The Morgan fingerprint density at radius 2 is 2.00 bits per heavy atom. The Hall–Kier alpha value is -1.14. The quantitative estimate of drug-likeness (QED) is 0.736. The van der Waals surface area contributed by atoms with Crippen molar-refractivity contribution in [3.63, 3.8) is 0 Å². The SMILES string of the molecule is O=Cc1ccc(S(=O)(=O)N(CC2CC2)C2CC2)o1. The lowest BCUT2D eigenvalue weighted by Crippen LogP contribution is -2.34. The third-order valence-electron chi connectivity index (χ3n) is 3.37. The van der Waals surface area contributed by atoms with Gasteiger partial charge in [0, 0.05) is 12.6 Å². The van der Waals surface area contributed by atoms with Crippen LogP contribution in [-0.2, 0) is 10.0 Å². The summed E-state index contributed by atoms with van der Waals surface area (Å²) in [6, 6.07) is 2.88. The molecular formula is C12H15NO4S. The summed E-state index contributed by atoms with van der Waals surface area (Å²) < 4.78 is 31.5. The molecule has 0 aromatic carbocycles. The van der Waals surface area contributed by atoms with E-state index in [-0.39, 0.29) is 16.9 Å². The van der Waals surface area contributed by atoms with E-state index in [2.05, 4.69) is 0 Å². The van der Waals surface area contributed by atoms with E-state index in [4.69, 9.17) is 4.42 Å². The van der Waals surface area contributed by atoms with Crippen LogP contribution in [0.5, 0.6) is 0 Å². The van der Waals surface area contributed by atoms with E-state index in [1.165, 1.54) is 12.1 Å². The van der Waals surface area contributed by atoms with Crippen molar-refractivity contribution in [1.82, 2.24) is 4.31 Å². The summed E-state index contributed by atoms with van der Waals surface area (Å²) in [5, 5.41) is -0.114. The second-order valence-electron chi connectivity index (χ2n) is 5.02. The molecule has 3 rings (SSSR count). The van der Waals surface area contributed by atoms with Gasteiger partial charge in [0.15, 0.2) is 12.0 Å². The summed E-state index contributed by atoms with van der Waals surface area (Å²) in [5.74, 6) is 0.552. The van der Waals surface area contributed by atoms with Crippen LogP contribution in [0.2, 0.25) is 0 Å². The van der Waals surface area contributed by atoms with Crippen LogP contribution in [-0.4, -0.2) is 31.6 Å². The maximum Gasteiger partial charge on any atom is 0.276 e. The number of hydrogen-bond acceptors (Lipinski definition) is 4. The highest BCUT2D eigenvalue weighted by molar-refractivity contribution is 7.89. The molecule has 0 saturated heterocycles. The molecule has 1 aromatic rings. The van der Waals surface area contributed by atoms with E-state index in [1.807, 2.05) is 0 Å². The first-order valence-electron chi connectivity index (χ1n) is 6.18. The molecule has 2 aliphatic rings. The van der Waals surface area contributed by atoms with Crippen LogP contribution in [0.4, 0.5) is 0 Å². The van der Waals surface area contributed by atoms with Crippen LogP contribution in [0.3, 0.4) is 0 Å². The Bertz CT molecular complexity index is 554. The molecule has 5 nitrogen and oxygen atoms in total. The largest absolute Gasteiger partial charge is 0.440 e. The molecular weight excluding hydrogens is 254 g/mol. The lowest BCUT2D eigenvalue weighted by Gasteiger charge is -2.19. The Morgan fingerprint density at radius 1 is 1.28 bits per heavy atom. The summed E-state index contributed by atoms with van der Waals surface area (Å²) in [6.07, 6.45) is 4.58. The zero-order valence-electron chi connectivity index (χ0n) is 9.91. The van der Waals surface area contributed by atoms with Crippen molar-refractivity contribution in [3.8, 4) is 0 Å². The number of hydrogen-bond donors (Lipinski definition) is 0.